The minimum absolute atomic E-state index is 0.624. The molecule has 0 spiro atoms. The SMILES string of the molecule is Cc1ccnc(-n2ncnc2CNCC(C)C)c1. The lowest BCUT2D eigenvalue weighted by Crippen LogP contribution is -2.21. The summed E-state index contributed by atoms with van der Waals surface area (Å²) in [6.07, 6.45) is 3.36. The van der Waals surface area contributed by atoms with E-state index in [-0.39, 0.29) is 0 Å². The monoisotopic (exact) mass is 245 g/mol. The summed E-state index contributed by atoms with van der Waals surface area (Å²) in [5.41, 5.74) is 1.16. The fraction of sp³-hybridized carbons (Fsp3) is 0.462. The molecular weight excluding hydrogens is 226 g/mol. The predicted molar refractivity (Wildman–Crippen MR) is 70.4 cm³/mol. The fourth-order valence-electron chi connectivity index (χ4n) is 1.69. The van der Waals surface area contributed by atoms with Gasteiger partial charge in [-0.3, -0.25) is 0 Å². The third-order valence-corrected chi connectivity index (χ3v) is 2.57. The van der Waals surface area contributed by atoms with Gasteiger partial charge in [0, 0.05) is 6.20 Å². The van der Waals surface area contributed by atoms with Crippen LogP contribution in [0.25, 0.3) is 5.82 Å². The number of hydrogen-bond donors (Lipinski definition) is 1. The van der Waals surface area contributed by atoms with E-state index in [2.05, 4.69) is 34.2 Å². The molecule has 0 aliphatic carbocycles. The first kappa shape index (κ1) is 12.7. The highest BCUT2D eigenvalue weighted by molar-refractivity contribution is 5.26. The van der Waals surface area contributed by atoms with Crippen LogP contribution < -0.4 is 5.32 Å². The third kappa shape index (κ3) is 3.13. The van der Waals surface area contributed by atoms with Crippen LogP contribution in [0.15, 0.2) is 24.7 Å². The number of aryl methyl sites for hydroxylation is 1. The molecular formula is C13H19N5. The van der Waals surface area contributed by atoms with Gasteiger partial charge in [-0.25, -0.2) is 9.97 Å². The van der Waals surface area contributed by atoms with Gasteiger partial charge in [-0.15, -0.1) is 0 Å². The summed E-state index contributed by atoms with van der Waals surface area (Å²) in [5, 5.41) is 7.59. The van der Waals surface area contributed by atoms with Crippen molar-refractivity contribution in [2.45, 2.75) is 27.3 Å². The van der Waals surface area contributed by atoms with Crippen LogP contribution in [0.1, 0.15) is 25.2 Å². The van der Waals surface area contributed by atoms with Crippen molar-refractivity contribution in [3.05, 3.63) is 36.0 Å². The molecule has 0 aliphatic rings. The van der Waals surface area contributed by atoms with Crippen molar-refractivity contribution in [1.29, 1.82) is 0 Å². The number of aromatic nitrogens is 4. The Morgan fingerprint density at radius 3 is 2.89 bits per heavy atom. The molecule has 0 unspecified atom stereocenters. The first-order valence-corrected chi connectivity index (χ1v) is 6.19. The molecule has 18 heavy (non-hydrogen) atoms. The highest BCUT2D eigenvalue weighted by Gasteiger charge is 2.07. The number of nitrogens with one attached hydrogen (secondary N) is 1. The van der Waals surface area contributed by atoms with Crippen molar-refractivity contribution in [3.8, 4) is 5.82 Å². The van der Waals surface area contributed by atoms with E-state index >= 15 is 0 Å². The van der Waals surface area contributed by atoms with E-state index < -0.39 is 0 Å². The van der Waals surface area contributed by atoms with Crippen molar-refractivity contribution in [2.24, 2.45) is 5.92 Å². The van der Waals surface area contributed by atoms with E-state index in [0.29, 0.717) is 12.5 Å². The van der Waals surface area contributed by atoms with Crippen LogP contribution in [0, 0.1) is 12.8 Å². The summed E-state index contributed by atoms with van der Waals surface area (Å²) in [7, 11) is 0. The first-order valence-electron chi connectivity index (χ1n) is 6.19. The third-order valence-electron chi connectivity index (χ3n) is 2.57. The Bertz CT molecular complexity index is 504. The van der Waals surface area contributed by atoms with Gasteiger partial charge in [0.05, 0.1) is 6.54 Å². The zero-order valence-electron chi connectivity index (χ0n) is 11.1. The van der Waals surface area contributed by atoms with Crippen molar-refractivity contribution < 1.29 is 0 Å². The quantitative estimate of drug-likeness (QED) is 0.871. The molecule has 5 nitrogen and oxygen atoms in total. The zero-order chi connectivity index (χ0) is 13.0. The minimum atomic E-state index is 0.624. The summed E-state index contributed by atoms with van der Waals surface area (Å²) < 4.78 is 1.78. The summed E-state index contributed by atoms with van der Waals surface area (Å²) in [6, 6.07) is 3.97. The van der Waals surface area contributed by atoms with Crippen molar-refractivity contribution >= 4 is 0 Å². The van der Waals surface area contributed by atoms with Crippen molar-refractivity contribution in [2.75, 3.05) is 6.54 Å². The molecule has 2 aromatic heterocycles. The van der Waals surface area contributed by atoms with Gasteiger partial charge in [-0.05, 0) is 37.1 Å². The van der Waals surface area contributed by atoms with E-state index in [1.54, 1.807) is 17.2 Å². The highest BCUT2D eigenvalue weighted by Crippen LogP contribution is 2.07. The standard InChI is InChI=1S/C13H19N5/c1-10(2)7-14-8-13-16-9-17-18(13)12-6-11(3)4-5-15-12/h4-6,9-10,14H,7-8H2,1-3H3. The predicted octanol–water partition coefficient (Wildman–Crippen LogP) is 1.72. The van der Waals surface area contributed by atoms with Crippen molar-refractivity contribution in [3.63, 3.8) is 0 Å². The number of nitrogens with zero attached hydrogens (tertiary/aromatic N) is 4. The van der Waals surface area contributed by atoms with Crippen LogP contribution in [0.2, 0.25) is 0 Å². The summed E-state index contributed by atoms with van der Waals surface area (Å²) >= 11 is 0. The first-order chi connectivity index (χ1) is 8.66. The number of pyridine rings is 1. The second-order valence-electron chi connectivity index (χ2n) is 4.80. The van der Waals surface area contributed by atoms with Crippen molar-refractivity contribution in [1.82, 2.24) is 25.1 Å². The lowest BCUT2D eigenvalue weighted by molar-refractivity contribution is 0.537. The molecule has 0 aliphatic heterocycles. The molecule has 96 valence electrons. The highest BCUT2D eigenvalue weighted by atomic mass is 15.4. The van der Waals surface area contributed by atoms with E-state index in [1.807, 2.05) is 19.1 Å². The lowest BCUT2D eigenvalue weighted by Gasteiger charge is -2.08. The molecule has 0 saturated heterocycles. The van der Waals surface area contributed by atoms with Crippen LogP contribution in [0.5, 0.6) is 0 Å². The average molecular weight is 245 g/mol. The fourth-order valence-corrected chi connectivity index (χ4v) is 1.69. The van der Waals surface area contributed by atoms with Gasteiger partial charge in [0.15, 0.2) is 5.82 Å². The summed E-state index contributed by atoms with van der Waals surface area (Å²) in [4.78, 5) is 8.59. The lowest BCUT2D eigenvalue weighted by atomic mass is 10.2. The van der Waals surface area contributed by atoms with E-state index in [4.69, 9.17) is 0 Å². The van der Waals surface area contributed by atoms with Gasteiger partial charge in [0.1, 0.15) is 12.2 Å². The Morgan fingerprint density at radius 1 is 1.33 bits per heavy atom. The van der Waals surface area contributed by atoms with Crippen LogP contribution in [-0.4, -0.2) is 26.3 Å². The van der Waals surface area contributed by atoms with Crippen LogP contribution in [0.4, 0.5) is 0 Å². The maximum absolute atomic E-state index is 4.32. The van der Waals surface area contributed by atoms with Gasteiger partial charge >= 0.3 is 0 Å². The topological polar surface area (TPSA) is 55.6 Å². The largest absolute Gasteiger partial charge is 0.310 e. The minimum Gasteiger partial charge on any atom is -0.310 e. The molecule has 5 heteroatoms. The Hall–Kier alpha value is -1.75. The van der Waals surface area contributed by atoms with Gasteiger partial charge in [-0.1, -0.05) is 13.8 Å². The molecule has 0 atom stereocenters. The molecule has 0 saturated carbocycles. The molecule has 2 aromatic rings. The Morgan fingerprint density at radius 2 is 2.17 bits per heavy atom. The number of hydrogen-bond acceptors (Lipinski definition) is 4. The molecule has 0 radical (unpaired) electrons. The van der Waals surface area contributed by atoms with Gasteiger partial charge in [0.2, 0.25) is 0 Å². The van der Waals surface area contributed by atoms with E-state index in [1.165, 1.54) is 0 Å². The zero-order valence-corrected chi connectivity index (χ0v) is 11.1. The second kappa shape index (κ2) is 5.73. The van der Waals surface area contributed by atoms with Gasteiger partial charge in [-0.2, -0.15) is 9.78 Å². The Kier molecular flexibility index (Phi) is 4.04. The molecule has 0 aromatic carbocycles. The molecule has 0 amide bonds. The molecule has 1 N–H and O–H groups in total. The molecule has 2 heterocycles. The normalized spacial score (nSPS) is 11.1. The Labute approximate surface area is 107 Å². The van der Waals surface area contributed by atoms with Gasteiger partial charge in [0.25, 0.3) is 0 Å². The maximum atomic E-state index is 4.32. The summed E-state index contributed by atoms with van der Waals surface area (Å²) in [5.74, 6) is 2.32. The van der Waals surface area contributed by atoms with E-state index in [0.717, 1.165) is 23.8 Å². The second-order valence-corrected chi connectivity index (χ2v) is 4.80. The summed E-state index contributed by atoms with van der Waals surface area (Å²) in [6.45, 7) is 8.07. The average Bonchev–Trinajstić information content (AvgIpc) is 2.77. The Balaban J connectivity index is 2.12. The smallest absolute Gasteiger partial charge is 0.155 e. The molecule has 0 fully saturated rings. The van der Waals surface area contributed by atoms with Gasteiger partial charge < -0.3 is 5.32 Å². The maximum Gasteiger partial charge on any atom is 0.155 e. The van der Waals surface area contributed by atoms with Crippen LogP contribution in [0.3, 0.4) is 0 Å². The van der Waals surface area contributed by atoms with Crippen LogP contribution in [-0.2, 0) is 6.54 Å². The molecule has 2 rings (SSSR count). The molecule has 0 bridgehead atoms. The van der Waals surface area contributed by atoms with E-state index in [9.17, 15) is 0 Å². The van der Waals surface area contributed by atoms with Crippen LogP contribution >= 0.6 is 0 Å². The number of rotatable bonds is 5.